The van der Waals surface area contributed by atoms with E-state index in [-0.39, 0.29) is 29.6 Å². The Morgan fingerprint density at radius 3 is 2.43 bits per heavy atom. The van der Waals surface area contributed by atoms with E-state index in [1.165, 1.54) is 5.56 Å². The van der Waals surface area contributed by atoms with Crippen LogP contribution < -0.4 is 5.32 Å². The van der Waals surface area contributed by atoms with Gasteiger partial charge in [0.05, 0.1) is 11.7 Å². The summed E-state index contributed by atoms with van der Waals surface area (Å²) in [5.74, 6) is 0.817. The van der Waals surface area contributed by atoms with E-state index in [4.69, 9.17) is 0 Å². The number of amides is 2. The zero-order valence-electron chi connectivity index (χ0n) is 17.8. The average Bonchev–Trinajstić information content (AvgIpc) is 2.90. The van der Waals surface area contributed by atoms with Crippen LogP contribution >= 0.6 is 0 Å². The quantitative estimate of drug-likeness (QED) is 0.818. The summed E-state index contributed by atoms with van der Waals surface area (Å²) in [7, 11) is 0. The first-order valence-electron chi connectivity index (χ1n) is 10.7. The van der Waals surface area contributed by atoms with Crippen molar-refractivity contribution in [3.8, 4) is 0 Å². The number of carbonyl (C=O) groups excluding carboxylic acids is 2. The Labute approximate surface area is 169 Å². The van der Waals surface area contributed by atoms with Crippen molar-refractivity contribution in [2.24, 2.45) is 5.92 Å². The summed E-state index contributed by atoms with van der Waals surface area (Å²) in [5, 5.41) is 3.59. The van der Waals surface area contributed by atoms with Crippen LogP contribution in [0.5, 0.6) is 0 Å². The smallest absolute Gasteiger partial charge is 0.241 e. The molecule has 1 spiro atoms. The monoisotopic (exact) mass is 385 g/mol. The molecule has 0 aliphatic carbocycles. The number of hydrogen-bond donors (Lipinski definition) is 1. The summed E-state index contributed by atoms with van der Waals surface area (Å²) in [5.41, 5.74) is 1.01. The number of likely N-dealkylation sites (tertiary alicyclic amines) is 1. The Bertz CT molecular complexity index is 680. The first-order chi connectivity index (χ1) is 13.3. The fourth-order valence-corrected chi connectivity index (χ4v) is 4.73. The molecule has 1 aromatic carbocycles. The van der Waals surface area contributed by atoms with Crippen molar-refractivity contribution in [2.45, 2.75) is 77.5 Å². The molecule has 0 bridgehead atoms. The third kappa shape index (κ3) is 4.40. The Morgan fingerprint density at radius 2 is 1.82 bits per heavy atom. The molecule has 28 heavy (non-hydrogen) atoms. The number of benzene rings is 1. The minimum atomic E-state index is -0.304. The van der Waals surface area contributed by atoms with E-state index < -0.39 is 0 Å². The fourth-order valence-electron chi connectivity index (χ4n) is 4.73. The van der Waals surface area contributed by atoms with E-state index in [0.717, 1.165) is 38.8 Å². The first kappa shape index (κ1) is 20.8. The lowest BCUT2D eigenvalue weighted by molar-refractivity contribution is -0.139. The van der Waals surface area contributed by atoms with E-state index >= 15 is 0 Å². The molecule has 2 saturated heterocycles. The van der Waals surface area contributed by atoms with Gasteiger partial charge in [0, 0.05) is 38.4 Å². The average molecular weight is 386 g/mol. The standard InChI is InChI=1S/C23H35N3O2/c1-17(2)16-21(27)25-14-12-23(13-15-25)24-19(4)22(28)26(23)18(3)10-11-20-8-6-5-7-9-20/h5-9,17-19,24H,10-16H2,1-4H3/t18-,19+/m1/s1. The molecule has 5 nitrogen and oxygen atoms in total. The number of carbonyl (C=O) groups is 2. The fraction of sp³-hybridized carbons (Fsp3) is 0.652. The van der Waals surface area contributed by atoms with Gasteiger partial charge in [0.15, 0.2) is 0 Å². The molecule has 2 fully saturated rings. The van der Waals surface area contributed by atoms with E-state index in [9.17, 15) is 9.59 Å². The Hall–Kier alpha value is -1.88. The zero-order valence-corrected chi connectivity index (χ0v) is 17.8. The molecule has 0 aromatic heterocycles. The van der Waals surface area contributed by atoms with Crippen LogP contribution in [0.1, 0.15) is 58.9 Å². The first-order valence-corrected chi connectivity index (χ1v) is 10.7. The topological polar surface area (TPSA) is 52.7 Å². The molecule has 2 aliphatic rings. The lowest BCUT2D eigenvalue weighted by atomic mass is 9.93. The highest BCUT2D eigenvalue weighted by molar-refractivity contribution is 5.85. The lowest BCUT2D eigenvalue weighted by Gasteiger charge is -2.47. The van der Waals surface area contributed by atoms with Crippen molar-refractivity contribution in [1.82, 2.24) is 15.1 Å². The van der Waals surface area contributed by atoms with Gasteiger partial charge in [0.2, 0.25) is 11.8 Å². The molecular weight excluding hydrogens is 350 g/mol. The van der Waals surface area contributed by atoms with Crippen LogP contribution in [0, 0.1) is 5.92 Å². The number of nitrogens with zero attached hydrogens (tertiary/aromatic N) is 2. The molecular formula is C23H35N3O2. The van der Waals surface area contributed by atoms with Crippen LogP contribution in [0.25, 0.3) is 0 Å². The van der Waals surface area contributed by atoms with Gasteiger partial charge in [-0.25, -0.2) is 0 Å². The third-order valence-electron chi connectivity index (χ3n) is 6.21. The van der Waals surface area contributed by atoms with Gasteiger partial charge in [0.25, 0.3) is 0 Å². The summed E-state index contributed by atoms with van der Waals surface area (Å²) < 4.78 is 0. The Kier molecular flexibility index (Phi) is 6.43. The van der Waals surface area contributed by atoms with E-state index in [1.807, 2.05) is 17.9 Å². The predicted molar refractivity (Wildman–Crippen MR) is 112 cm³/mol. The molecule has 0 saturated carbocycles. The van der Waals surface area contributed by atoms with Crippen molar-refractivity contribution < 1.29 is 9.59 Å². The molecule has 2 heterocycles. The molecule has 3 rings (SSSR count). The number of nitrogens with one attached hydrogen (secondary N) is 1. The molecule has 1 aromatic rings. The van der Waals surface area contributed by atoms with Gasteiger partial charge in [-0.1, -0.05) is 44.2 Å². The summed E-state index contributed by atoms with van der Waals surface area (Å²) in [6.45, 7) is 9.74. The minimum Gasteiger partial charge on any atom is -0.342 e. The molecule has 2 aliphatic heterocycles. The number of rotatable bonds is 6. The van der Waals surface area contributed by atoms with E-state index in [1.54, 1.807) is 0 Å². The predicted octanol–water partition coefficient (Wildman–Crippen LogP) is 3.19. The van der Waals surface area contributed by atoms with Crippen LogP contribution in [0.15, 0.2) is 30.3 Å². The van der Waals surface area contributed by atoms with Crippen molar-refractivity contribution >= 4 is 11.8 Å². The maximum Gasteiger partial charge on any atom is 0.241 e. The second kappa shape index (κ2) is 8.64. The van der Waals surface area contributed by atoms with Crippen LogP contribution in [-0.2, 0) is 16.0 Å². The van der Waals surface area contributed by atoms with Gasteiger partial charge < -0.3 is 9.80 Å². The van der Waals surface area contributed by atoms with Crippen LogP contribution in [0.3, 0.4) is 0 Å². The van der Waals surface area contributed by atoms with Crippen molar-refractivity contribution in [2.75, 3.05) is 13.1 Å². The second-order valence-corrected chi connectivity index (χ2v) is 8.96. The van der Waals surface area contributed by atoms with Gasteiger partial charge in [-0.15, -0.1) is 0 Å². The zero-order chi connectivity index (χ0) is 20.3. The summed E-state index contributed by atoms with van der Waals surface area (Å²) in [6, 6.07) is 10.5. The van der Waals surface area contributed by atoms with E-state index in [0.29, 0.717) is 12.3 Å². The Balaban J connectivity index is 1.66. The third-order valence-corrected chi connectivity index (χ3v) is 6.21. The molecule has 0 radical (unpaired) electrons. The Morgan fingerprint density at radius 1 is 1.18 bits per heavy atom. The van der Waals surface area contributed by atoms with Gasteiger partial charge in [-0.3, -0.25) is 14.9 Å². The van der Waals surface area contributed by atoms with Crippen molar-refractivity contribution in [1.29, 1.82) is 0 Å². The highest BCUT2D eigenvalue weighted by Crippen LogP contribution is 2.35. The minimum absolute atomic E-state index is 0.155. The van der Waals surface area contributed by atoms with Crippen LogP contribution in [0.4, 0.5) is 0 Å². The SMILES string of the molecule is CC(C)CC(=O)N1CCC2(CC1)N[C@@H](C)C(=O)N2[C@H](C)CCc1ccccc1. The van der Waals surface area contributed by atoms with Crippen molar-refractivity contribution in [3.63, 3.8) is 0 Å². The van der Waals surface area contributed by atoms with Gasteiger partial charge in [0.1, 0.15) is 0 Å². The molecule has 2 atom stereocenters. The molecule has 2 amide bonds. The second-order valence-electron chi connectivity index (χ2n) is 8.96. The van der Waals surface area contributed by atoms with Gasteiger partial charge in [-0.2, -0.15) is 0 Å². The highest BCUT2D eigenvalue weighted by Gasteiger charge is 2.51. The summed E-state index contributed by atoms with van der Waals surface area (Å²) in [6.07, 6.45) is 4.13. The molecule has 154 valence electrons. The molecule has 1 N–H and O–H groups in total. The number of aryl methyl sites for hydroxylation is 1. The van der Waals surface area contributed by atoms with Gasteiger partial charge >= 0.3 is 0 Å². The maximum atomic E-state index is 13.0. The van der Waals surface area contributed by atoms with Crippen LogP contribution in [0.2, 0.25) is 0 Å². The number of hydrogen-bond acceptors (Lipinski definition) is 3. The van der Waals surface area contributed by atoms with Crippen LogP contribution in [-0.4, -0.2) is 52.5 Å². The normalized spacial score (nSPS) is 22.9. The highest BCUT2D eigenvalue weighted by atomic mass is 16.2. The summed E-state index contributed by atoms with van der Waals surface area (Å²) >= 11 is 0. The maximum absolute atomic E-state index is 13.0. The van der Waals surface area contributed by atoms with E-state index in [2.05, 4.69) is 55.3 Å². The largest absolute Gasteiger partial charge is 0.342 e. The molecule has 0 unspecified atom stereocenters. The lowest BCUT2D eigenvalue weighted by Crippen LogP contribution is -2.61. The summed E-state index contributed by atoms with van der Waals surface area (Å²) in [4.78, 5) is 29.5. The molecule has 5 heteroatoms. The number of piperidine rings is 1. The van der Waals surface area contributed by atoms with Gasteiger partial charge in [-0.05, 0) is 38.2 Å². The van der Waals surface area contributed by atoms with Crippen molar-refractivity contribution in [3.05, 3.63) is 35.9 Å².